The van der Waals surface area contributed by atoms with Gasteiger partial charge >= 0.3 is 6.18 Å². The number of rotatable bonds is 2. The van der Waals surface area contributed by atoms with Gasteiger partial charge in [0.15, 0.2) is 0 Å². The first-order valence-electron chi connectivity index (χ1n) is 4.91. The summed E-state index contributed by atoms with van der Waals surface area (Å²) in [6, 6.07) is 10.1. The molecule has 0 radical (unpaired) electrons. The second-order valence-electron chi connectivity index (χ2n) is 3.59. The minimum Gasteiger partial charge on any atom is -0.289 e. The third-order valence-electron chi connectivity index (χ3n) is 2.31. The Balaban J connectivity index is 2.29. The first-order chi connectivity index (χ1) is 7.97. The molecule has 0 fully saturated rings. The third kappa shape index (κ3) is 2.61. The van der Waals surface area contributed by atoms with E-state index < -0.39 is 18.4 Å². The van der Waals surface area contributed by atoms with Gasteiger partial charge in [-0.15, -0.1) is 0 Å². The largest absolute Gasteiger partial charge is 0.450 e. The van der Waals surface area contributed by atoms with Crippen molar-refractivity contribution in [2.24, 2.45) is 0 Å². The van der Waals surface area contributed by atoms with E-state index in [4.69, 9.17) is 0 Å². The van der Waals surface area contributed by atoms with Crippen molar-refractivity contribution >= 4 is 16.7 Å². The molecule has 0 unspecified atom stereocenters. The van der Waals surface area contributed by atoms with Crippen molar-refractivity contribution in [3.63, 3.8) is 0 Å². The quantitative estimate of drug-likeness (QED) is 0.806. The van der Waals surface area contributed by atoms with E-state index in [0.717, 1.165) is 5.39 Å². The first-order valence-corrected chi connectivity index (χ1v) is 4.91. The number of carbonyl (C=O) groups excluding carboxylic acids is 1. The molecule has 2 aromatic rings. The van der Waals surface area contributed by atoms with Crippen LogP contribution < -0.4 is 0 Å². The molecule has 0 bridgehead atoms. The average molecular weight is 239 g/mol. The smallest absolute Gasteiger partial charge is 0.289 e. The highest BCUT2D eigenvalue weighted by Crippen LogP contribution is 2.19. The molecule has 0 N–H and O–H groups in total. The van der Waals surface area contributed by atoms with Crippen molar-refractivity contribution < 1.29 is 18.0 Å². The number of ketones is 1. The number of pyridine rings is 1. The van der Waals surface area contributed by atoms with Gasteiger partial charge in [-0.3, -0.25) is 9.78 Å². The molecular formula is C12H8F3NO. The van der Waals surface area contributed by atoms with Crippen LogP contribution in [0, 0.1) is 0 Å². The molecule has 1 heterocycles. The molecule has 0 aliphatic carbocycles. The number of hydrogen-bond donors (Lipinski definition) is 0. The fraction of sp³-hybridized carbons (Fsp3) is 0.167. The van der Waals surface area contributed by atoms with E-state index in [1.54, 1.807) is 24.3 Å². The summed E-state index contributed by atoms with van der Waals surface area (Å²) < 4.78 is 36.2. The Morgan fingerprint density at radius 1 is 1.12 bits per heavy atom. The predicted octanol–water partition coefficient (Wildman–Crippen LogP) is 2.91. The first kappa shape index (κ1) is 11.6. The standard InChI is InChI=1S/C12H8F3NO/c13-12(14,15)11(17)7-9-6-5-8-3-1-2-4-10(8)16-9/h1-6H,7H2. The van der Waals surface area contributed by atoms with Crippen molar-refractivity contribution in [2.45, 2.75) is 12.6 Å². The van der Waals surface area contributed by atoms with E-state index in [9.17, 15) is 18.0 Å². The number of aromatic nitrogens is 1. The molecule has 5 heteroatoms. The Hall–Kier alpha value is -1.91. The maximum atomic E-state index is 12.1. The van der Waals surface area contributed by atoms with Crippen molar-refractivity contribution in [1.82, 2.24) is 4.98 Å². The summed E-state index contributed by atoms with van der Waals surface area (Å²) >= 11 is 0. The maximum absolute atomic E-state index is 12.1. The highest BCUT2D eigenvalue weighted by Gasteiger charge is 2.37. The maximum Gasteiger partial charge on any atom is 0.450 e. The highest BCUT2D eigenvalue weighted by atomic mass is 19.4. The number of benzene rings is 1. The van der Waals surface area contributed by atoms with Crippen LogP contribution in [0.1, 0.15) is 5.69 Å². The lowest BCUT2D eigenvalue weighted by molar-refractivity contribution is -0.170. The number of fused-ring (bicyclic) bond motifs is 1. The van der Waals surface area contributed by atoms with Gasteiger partial charge in [0, 0.05) is 11.1 Å². The SMILES string of the molecule is O=C(Cc1ccc2ccccc2n1)C(F)(F)F. The number of hydrogen-bond acceptors (Lipinski definition) is 2. The van der Waals surface area contributed by atoms with Gasteiger partial charge in [0.2, 0.25) is 5.78 Å². The van der Waals surface area contributed by atoms with E-state index in [1.807, 2.05) is 6.07 Å². The Kier molecular flexibility index (Phi) is 2.83. The van der Waals surface area contributed by atoms with E-state index in [2.05, 4.69) is 4.98 Å². The molecule has 17 heavy (non-hydrogen) atoms. The van der Waals surface area contributed by atoms with E-state index >= 15 is 0 Å². The van der Waals surface area contributed by atoms with Crippen LogP contribution in [-0.2, 0) is 11.2 Å². The molecule has 2 nitrogen and oxygen atoms in total. The summed E-state index contributed by atoms with van der Waals surface area (Å²) in [6.45, 7) is 0. The fourth-order valence-corrected chi connectivity index (χ4v) is 1.47. The number of carbonyl (C=O) groups is 1. The van der Waals surface area contributed by atoms with Crippen LogP contribution >= 0.6 is 0 Å². The fourth-order valence-electron chi connectivity index (χ4n) is 1.47. The van der Waals surface area contributed by atoms with Crippen molar-refractivity contribution in [3.05, 3.63) is 42.1 Å². The van der Waals surface area contributed by atoms with Gasteiger partial charge in [-0.2, -0.15) is 13.2 Å². The van der Waals surface area contributed by atoms with Gasteiger partial charge in [0.25, 0.3) is 0 Å². The van der Waals surface area contributed by atoms with Crippen LogP contribution in [0.3, 0.4) is 0 Å². The number of nitrogens with zero attached hydrogens (tertiary/aromatic N) is 1. The molecule has 0 aliphatic heterocycles. The van der Waals surface area contributed by atoms with E-state index in [1.165, 1.54) is 6.07 Å². The second kappa shape index (κ2) is 4.16. The van der Waals surface area contributed by atoms with Crippen molar-refractivity contribution in [3.8, 4) is 0 Å². The molecule has 0 saturated heterocycles. The van der Waals surface area contributed by atoms with Crippen LogP contribution in [0.15, 0.2) is 36.4 Å². The van der Waals surface area contributed by atoms with Crippen LogP contribution in [0.4, 0.5) is 13.2 Å². The van der Waals surface area contributed by atoms with Gasteiger partial charge in [-0.25, -0.2) is 0 Å². The highest BCUT2D eigenvalue weighted by molar-refractivity contribution is 5.86. The van der Waals surface area contributed by atoms with Gasteiger partial charge in [-0.1, -0.05) is 24.3 Å². The monoisotopic (exact) mass is 239 g/mol. The summed E-state index contributed by atoms with van der Waals surface area (Å²) in [5.74, 6) is -1.78. The normalized spacial score (nSPS) is 11.7. The number of para-hydroxylation sites is 1. The number of Topliss-reactive ketones (excluding diaryl/α,β-unsaturated/α-hetero) is 1. The topological polar surface area (TPSA) is 30.0 Å². The number of alkyl halides is 3. The zero-order valence-corrected chi connectivity index (χ0v) is 8.66. The van der Waals surface area contributed by atoms with Crippen molar-refractivity contribution in [1.29, 1.82) is 0 Å². The predicted molar refractivity (Wildman–Crippen MR) is 56.5 cm³/mol. The lowest BCUT2D eigenvalue weighted by Crippen LogP contribution is -2.24. The van der Waals surface area contributed by atoms with Crippen LogP contribution in [0.25, 0.3) is 10.9 Å². The second-order valence-corrected chi connectivity index (χ2v) is 3.59. The number of halogens is 3. The van der Waals surface area contributed by atoms with Crippen molar-refractivity contribution in [2.75, 3.05) is 0 Å². The molecule has 0 aliphatic rings. The molecular weight excluding hydrogens is 231 g/mol. The lowest BCUT2D eigenvalue weighted by atomic mass is 10.1. The molecule has 2 rings (SSSR count). The Morgan fingerprint density at radius 3 is 2.53 bits per heavy atom. The van der Waals surface area contributed by atoms with Crippen LogP contribution in [0.2, 0.25) is 0 Å². The summed E-state index contributed by atoms with van der Waals surface area (Å²) in [5, 5.41) is 0.829. The average Bonchev–Trinajstić information content (AvgIpc) is 2.27. The zero-order valence-electron chi connectivity index (χ0n) is 8.66. The Labute approximate surface area is 95.1 Å². The lowest BCUT2D eigenvalue weighted by Gasteiger charge is -2.05. The molecule has 1 aromatic carbocycles. The molecule has 0 atom stereocenters. The van der Waals surface area contributed by atoms with Gasteiger partial charge in [0.05, 0.1) is 11.9 Å². The summed E-state index contributed by atoms with van der Waals surface area (Å²) in [7, 11) is 0. The van der Waals surface area contributed by atoms with Crippen LogP contribution in [0.5, 0.6) is 0 Å². The Bertz CT molecular complexity index is 563. The summed E-state index contributed by atoms with van der Waals surface area (Å²) in [6.07, 6.45) is -5.51. The molecule has 88 valence electrons. The van der Waals surface area contributed by atoms with Gasteiger partial charge < -0.3 is 0 Å². The molecule has 1 aromatic heterocycles. The molecule has 0 saturated carbocycles. The summed E-state index contributed by atoms with van der Waals surface area (Å²) in [5.41, 5.74) is 0.714. The Morgan fingerprint density at radius 2 is 1.82 bits per heavy atom. The zero-order chi connectivity index (χ0) is 12.5. The third-order valence-corrected chi connectivity index (χ3v) is 2.31. The van der Waals surface area contributed by atoms with E-state index in [-0.39, 0.29) is 5.69 Å². The molecule has 0 amide bonds. The minimum atomic E-state index is -4.80. The summed E-state index contributed by atoms with van der Waals surface area (Å²) in [4.78, 5) is 14.8. The molecule has 0 spiro atoms. The van der Waals surface area contributed by atoms with Gasteiger partial charge in [-0.05, 0) is 12.1 Å². The van der Waals surface area contributed by atoms with E-state index in [0.29, 0.717) is 5.52 Å². The van der Waals surface area contributed by atoms with Crippen LogP contribution in [-0.4, -0.2) is 16.9 Å². The minimum absolute atomic E-state index is 0.131. The van der Waals surface area contributed by atoms with Gasteiger partial charge in [0.1, 0.15) is 0 Å².